The van der Waals surface area contributed by atoms with E-state index in [1.807, 2.05) is 0 Å². The van der Waals surface area contributed by atoms with Crippen LogP contribution in [0.15, 0.2) is 30.5 Å². The highest BCUT2D eigenvalue weighted by Gasteiger charge is 2.07. The molecule has 0 aliphatic rings. The molecule has 0 fully saturated rings. The van der Waals surface area contributed by atoms with Gasteiger partial charge < -0.3 is 11.5 Å². The molecule has 4 nitrogen and oxygen atoms in total. The Bertz CT molecular complexity index is 461. The molecular weight excluding hydrogens is 195 g/mol. The predicted molar refractivity (Wildman–Crippen MR) is 55.8 cm³/mol. The van der Waals surface area contributed by atoms with Crippen molar-refractivity contribution < 1.29 is 4.39 Å². The smallest absolute Gasteiger partial charge is 0.131 e. The maximum atomic E-state index is 12.7. The molecule has 5 heteroatoms. The summed E-state index contributed by atoms with van der Waals surface area (Å²) in [5, 5.41) is 4.08. The first-order valence-corrected chi connectivity index (χ1v) is 4.50. The lowest BCUT2D eigenvalue weighted by molar-refractivity contribution is 0.627. The highest BCUT2D eigenvalue weighted by molar-refractivity contribution is 5.46. The summed E-state index contributed by atoms with van der Waals surface area (Å²) in [6.45, 7) is 0.340. The Morgan fingerprint density at radius 3 is 2.47 bits per heavy atom. The fraction of sp³-hybridized carbons (Fsp3) is 0.100. The van der Waals surface area contributed by atoms with E-state index in [9.17, 15) is 4.39 Å². The minimum Gasteiger partial charge on any atom is -0.383 e. The van der Waals surface area contributed by atoms with Crippen LogP contribution in [-0.2, 0) is 6.54 Å². The summed E-state index contributed by atoms with van der Waals surface area (Å²) in [4.78, 5) is 0. The molecule has 0 unspecified atom stereocenters. The van der Waals surface area contributed by atoms with Gasteiger partial charge in [-0.1, -0.05) is 0 Å². The summed E-state index contributed by atoms with van der Waals surface area (Å²) in [6.07, 6.45) is 1.61. The normalized spacial score (nSPS) is 10.5. The van der Waals surface area contributed by atoms with Gasteiger partial charge >= 0.3 is 0 Å². The van der Waals surface area contributed by atoms with Crippen LogP contribution >= 0.6 is 0 Å². The zero-order chi connectivity index (χ0) is 10.8. The van der Waals surface area contributed by atoms with E-state index < -0.39 is 0 Å². The van der Waals surface area contributed by atoms with Crippen LogP contribution in [0.1, 0.15) is 5.56 Å². The van der Waals surface area contributed by atoms with E-state index in [0.29, 0.717) is 18.1 Å². The Hall–Kier alpha value is -1.88. The molecule has 78 valence electrons. The number of aromatic nitrogens is 2. The molecule has 0 bridgehead atoms. The van der Waals surface area contributed by atoms with Gasteiger partial charge in [0.2, 0.25) is 0 Å². The zero-order valence-corrected chi connectivity index (χ0v) is 8.02. The van der Waals surface area contributed by atoms with E-state index in [4.69, 9.17) is 11.5 Å². The van der Waals surface area contributed by atoms with Crippen molar-refractivity contribution in [3.63, 3.8) is 0 Å². The van der Waals surface area contributed by atoms with Gasteiger partial charge in [0.15, 0.2) is 0 Å². The van der Waals surface area contributed by atoms with E-state index in [1.54, 1.807) is 18.3 Å². The van der Waals surface area contributed by atoms with Gasteiger partial charge in [0, 0.05) is 12.1 Å². The summed E-state index contributed by atoms with van der Waals surface area (Å²) in [5.74, 6) is 0.202. The number of anilines is 1. The first kappa shape index (κ1) is 9.67. The van der Waals surface area contributed by atoms with Crippen LogP contribution in [-0.4, -0.2) is 9.78 Å². The number of halogens is 1. The van der Waals surface area contributed by atoms with Gasteiger partial charge in [0.05, 0.1) is 11.9 Å². The molecule has 0 saturated carbocycles. The predicted octanol–water partition coefficient (Wildman–Crippen LogP) is 1.05. The second-order valence-corrected chi connectivity index (χ2v) is 3.15. The van der Waals surface area contributed by atoms with E-state index in [0.717, 1.165) is 5.56 Å². The van der Waals surface area contributed by atoms with Gasteiger partial charge in [0.25, 0.3) is 0 Å². The molecule has 1 aromatic heterocycles. The largest absolute Gasteiger partial charge is 0.383 e. The quantitative estimate of drug-likeness (QED) is 0.771. The van der Waals surface area contributed by atoms with E-state index in [1.165, 1.54) is 16.8 Å². The van der Waals surface area contributed by atoms with Gasteiger partial charge in [-0.2, -0.15) is 5.10 Å². The van der Waals surface area contributed by atoms with Crippen molar-refractivity contribution in [2.75, 3.05) is 5.73 Å². The summed E-state index contributed by atoms with van der Waals surface area (Å²) in [7, 11) is 0. The monoisotopic (exact) mass is 206 g/mol. The Morgan fingerprint density at radius 1 is 1.27 bits per heavy atom. The first-order chi connectivity index (χ1) is 7.22. The van der Waals surface area contributed by atoms with Crippen molar-refractivity contribution in [3.05, 3.63) is 41.8 Å². The molecule has 1 heterocycles. The first-order valence-electron chi connectivity index (χ1n) is 4.50. The van der Waals surface area contributed by atoms with Crippen LogP contribution in [0.4, 0.5) is 10.2 Å². The van der Waals surface area contributed by atoms with Gasteiger partial charge in [-0.25, -0.2) is 9.07 Å². The highest BCUT2D eigenvalue weighted by Crippen LogP contribution is 2.16. The molecule has 0 amide bonds. The van der Waals surface area contributed by atoms with Crippen LogP contribution in [0.25, 0.3) is 5.69 Å². The fourth-order valence-corrected chi connectivity index (χ4v) is 1.34. The third-order valence-corrected chi connectivity index (χ3v) is 2.18. The molecular formula is C10H11FN4. The van der Waals surface area contributed by atoms with E-state index in [-0.39, 0.29) is 5.82 Å². The van der Waals surface area contributed by atoms with Crippen molar-refractivity contribution >= 4 is 5.82 Å². The molecule has 0 aliphatic heterocycles. The summed E-state index contributed by atoms with van der Waals surface area (Å²) >= 11 is 0. The van der Waals surface area contributed by atoms with Gasteiger partial charge in [-0.15, -0.1) is 0 Å². The maximum absolute atomic E-state index is 12.7. The van der Waals surface area contributed by atoms with Crippen LogP contribution < -0.4 is 11.5 Å². The second-order valence-electron chi connectivity index (χ2n) is 3.15. The zero-order valence-electron chi connectivity index (χ0n) is 8.02. The molecule has 0 atom stereocenters. The van der Waals surface area contributed by atoms with E-state index >= 15 is 0 Å². The molecule has 15 heavy (non-hydrogen) atoms. The van der Waals surface area contributed by atoms with Crippen LogP contribution in [0.2, 0.25) is 0 Å². The number of nitrogen functional groups attached to an aromatic ring is 1. The van der Waals surface area contributed by atoms with Crippen LogP contribution in [0.3, 0.4) is 0 Å². The maximum Gasteiger partial charge on any atom is 0.131 e. The SMILES string of the molecule is NCc1cnn(-c2ccc(F)cc2)c1N. The molecule has 1 aromatic carbocycles. The van der Waals surface area contributed by atoms with Gasteiger partial charge in [0.1, 0.15) is 11.6 Å². The summed E-state index contributed by atoms with van der Waals surface area (Å²) in [5.41, 5.74) is 12.8. The standard InChI is InChI=1S/C10H11FN4/c11-8-1-3-9(4-2-8)15-10(13)7(5-12)6-14-15/h1-4,6H,5,12-13H2. The lowest BCUT2D eigenvalue weighted by atomic mass is 10.3. The molecule has 4 N–H and O–H groups in total. The van der Waals surface area contributed by atoms with Crippen molar-refractivity contribution in [3.8, 4) is 5.69 Å². The molecule has 0 radical (unpaired) electrons. The van der Waals surface area contributed by atoms with Gasteiger partial charge in [-0.3, -0.25) is 0 Å². The average molecular weight is 206 g/mol. The van der Waals surface area contributed by atoms with E-state index in [2.05, 4.69) is 5.10 Å². The molecule has 0 aliphatic carbocycles. The van der Waals surface area contributed by atoms with Crippen molar-refractivity contribution in [2.24, 2.45) is 5.73 Å². The van der Waals surface area contributed by atoms with Crippen molar-refractivity contribution in [2.45, 2.75) is 6.54 Å². The van der Waals surface area contributed by atoms with Crippen LogP contribution in [0, 0.1) is 5.82 Å². The third kappa shape index (κ3) is 1.69. The number of benzene rings is 1. The number of hydrogen-bond acceptors (Lipinski definition) is 3. The third-order valence-electron chi connectivity index (χ3n) is 2.18. The summed E-state index contributed by atoms with van der Waals surface area (Å²) in [6, 6.07) is 5.94. The molecule has 0 saturated heterocycles. The number of hydrogen-bond donors (Lipinski definition) is 2. The number of nitrogens with zero attached hydrogens (tertiary/aromatic N) is 2. The Balaban J connectivity index is 2.45. The highest BCUT2D eigenvalue weighted by atomic mass is 19.1. The lowest BCUT2D eigenvalue weighted by Crippen LogP contribution is -2.05. The fourth-order valence-electron chi connectivity index (χ4n) is 1.34. The topological polar surface area (TPSA) is 69.9 Å². The number of rotatable bonds is 2. The minimum atomic E-state index is -0.288. The Kier molecular flexibility index (Phi) is 2.39. The Morgan fingerprint density at radius 2 is 1.93 bits per heavy atom. The summed E-state index contributed by atoms with van der Waals surface area (Å²) < 4.78 is 14.2. The molecule has 0 spiro atoms. The van der Waals surface area contributed by atoms with Gasteiger partial charge in [-0.05, 0) is 24.3 Å². The second kappa shape index (κ2) is 3.70. The molecule has 2 rings (SSSR count). The lowest BCUT2D eigenvalue weighted by Gasteiger charge is -2.04. The minimum absolute atomic E-state index is 0.288. The van der Waals surface area contributed by atoms with Crippen LogP contribution in [0.5, 0.6) is 0 Å². The van der Waals surface area contributed by atoms with Crippen molar-refractivity contribution in [1.82, 2.24) is 9.78 Å². The Labute approximate surface area is 86.3 Å². The number of nitrogens with two attached hydrogens (primary N) is 2. The average Bonchev–Trinajstić information content (AvgIpc) is 2.61. The molecule has 2 aromatic rings. The van der Waals surface area contributed by atoms with Crippen molar-refractivity contribution in [1.29, 1.82) is 0 Å².